The number of hydrogen-bond donors (Lipinski definition) is 2. The lowest BCUT2D eigenvalue weighted by molar-refractivity contribution is 0.228. The van der Waals surface area contributed by atoms with Crippen molar-refractivity contribution in [2.45, 2.75) is 20.4 Å². The topological polar surface area (TPSA) is 61.8 Å². The van der Waals surface area contributed by atoms with Crippen molar-refractivity contribution in [3.63, 3.8) is 0 Å². The Morgan fingerprint density at radius 2 is 2.00 bits per heavy atom. The van der Waals surface area contributed by atoms with E-state index in [0.29, 0.717) is 0 Å². The van der Waals surface area contributed by atoms with Gasteiger partial charge in [0.1, 0.15) is 5.82 Å². The van der Waals surface area contributed by atoms with Crippen molar-refractivity contribution in [2.24, 2.45) is 7.05 Å². The van der Waals surface area contributed by atoms with Crippen molar-refractivity contribution in [1.82, 2.24) is 30.0 Å². The minimum atomic E-state index is 0.889. The van der Waals surface area contributed by atoms with Crippen molar-refractivity contribution in [3.8, 4) is 11.3 Å². The Morgan fingerprint density at radius 1 is 1.25 bits per heavy atom. The number of H-pyrrole nitrogens is 1. The van der Waals surface area contributed by atoms with E-state index in [1.54, 1.807) is 0 Å². The van der Waals surface area contributed by atoms with Gasteiger partial charge in [0.15, 0.2) is 0 Å². The molecule has 0 spiro atoms. The number of nitrogens with zero attached hydrogens (tertiary/aromatic N) is 4. The van der Waals surface area contributed by atoms with Gasteiger partial charge in [0.05, 0.1) is 24.1 Å². The van der Waals surface area contributed by atoms with Gasteiger partial charge in [0.2, 0.25) is 0 Å². The smallest absolute Gasteiger partial charge is 0.120 e. The molecule has 1 saturated heterocycles. The van der Waals surface area contributed by atoms with Crippen LogP contribution in [0.3, 0.4) is 0 Å². The van der Waals surface area contributed by atoms with Gasteiger partial charge >= 0.3 is 0 Å². The minimum absolute atomic E-state index is 0.889. The first kappa shape index (κ1) is 13.3. The molecule has 0 saturated carbocycles. The van der Waals surface area contributed by atoms with E-state index >= 15 is 0 Å². The monoisotopic (exact) mass is 274 g/mol. The zero-order valence-electron chi connectivity index (χ0n) is 12.4. The molecule has 2 N–H and O–H groups in total. The number of piperazine rings is 1. The summed E-state index contributed by atoms with van der Waals surface area (Å²) in [6, 6.07) is 0. The summed E-state index contributed by atoms with van der Waals surface area (Å²) in [6.45, 7) is 9.32. The van der Waals surface area contributed by atoms with E-state index in [4.69, 9.17) is 0 Å². The van der Waals surface area contributed by atoms with E-state index in [9.17, 15) is 0 Å². The Morgan fingerprint density at radius 3 is 2.65 bits per heavy atom. The van der Waals surface area contributed by atoms with Crippen LogP contribution in [0, 0.1) is 13.8 Å². The quantitative estimate of drug-likeness (QED) is 0.870. The van der Waals surface area contributed by atoms with Crippen LogP contribution in [0.25, 0.3) is 11.3 Å². The number of hydrogen-bond acceptors (Lipinski definition) is 4. The summed E-state index contributed by atoms with van der Waals surface area (Å²) in [5, 5.41) is 7.83. The normalized spacial score (nSPS) is 16.8. The van der Waals surface area contributed by atoms with Crippen molar-refractivity contribution in [2.75, 3.05) is 26.2 Å². The van der Waals surface area contributed by atoms with E-state index in [1.807, 2.05) is 24.9 Å². The van der Waals surface area contributed by atoms with Gasteiger partial charge in [-0.3, -0.25) is 9.58 Å². The molecule has 108 valence electrons. The lowest BCUT2D eigenvalue weighted by Gasteiger charge is -2.26. The molecular weight excluding hydrogens is 252 g/mol. The Balaban J connectivity index is 1.79. The summed E-state index contributed by atoms with van der Waals surface area (Å²) in [4.78, 5) is 10.4. The molecular formula is C14H22N6. The average Bonchev–Trinajstić information content (AvgIpc) is 2.97. The molecule has 0 atom stereocenters. The molecule has 6 nitrogen and oxygen atoms in total. The van der Waals surface area contributed by atoms with Crippen LogP contribution in [0.4, 0.5) is 0 Å². The highest BCUT2D eigenvalue weighted by Crippen LogP contribution is 2.24. The van der Waals surface area contributed by atoms with Gasteiger partial charge in [-0.2, -0.15) is 5.10 Å². The van der Waals surface area contributed by atoms with Gasteiger partial charge in [-0.05, 0) is 13.8 Å². The molecule has 6 heteroatoms. The van der Waals surface area contributed by atoms with E-state index in [2.05, 4.69) is 32.2 Å². The maximum absolute atomic E-state index is 4.52. The summed E-state index contributed by atoms with van der Waals surface area (Å²) >= 11 is 0. The second kappa shape index (κ2) is 5.38. The standard InChI is InChI=1S/C14H22N6/c1-10-14(11(2)19(3)18-10)12-8-16-13(17-12)9-20-6-4-15-5-7-20/h8,15H,4-7,9H2,1-3H3,(H,16,17). The highest BCUT2D eigenvalue weighted by Gasteiger charge is 2.16. The van der Waals surface area contributed by atoms with Crippen LogP contribution >= 0.6 is 0 Å². The van der Waals surface area contributed by atoms with Crippen LogP contribution < -0.4 is 5.32 Å². The maximum atomic E-state index is 4.52. The highest BCUT2D eigenvalue weighted by molar-refractivity contribution is 5.64. The number of rotatable bonds is 3. The second-order valence-electron chi connectivity index (χ2n) is 5.44. The number of aromatic amines is 1. The molecule has 0 radical (unpaired) electrons. The third kappa shape index (κ3) is 2.48. The van der Waals surface area contributed by atoms with Gasteiger partial charge in [0.25, 0.3) is 0 Å². The second-order valence-corrected chi connectivity index (χ2v) is 5.44. The summed E-state index contributed by atoms with van der Waals surface area (Å²) < 4.78 is 1.92. The highest BCUT2D eigenvalue weighted by atomic mass is 15.3. The molecule has 2 aromatic rings. The molecule has 1 aliphatic heterocycles. The Kier molecular flexibility index (Phi) is 3.58. The Hall–Kier alpha value is -1.66. The van der Waals surface area contributed by atoms with E-state index in [1.165, 1.54) is 11.3 Å². The average molecular weight is 274 g/mol. The predicted octanol–water partition coefficient (Wildman–Crippen LogP) is 0.832. The molecule has 3 rings (SSSR count). The SMILES string of the molecule is Cc1nn(C)c(C)c1-c1cnc(CN2CCNCC2)[nH]1. The number of imidazole rings is 1. The molecule has 1 aliphatic rings. The number of aromatic nitrogens is 4. The van der Waals surface area contributed by atoms with Crippen LogP contribution in [-0.2, 0) is 13.6 Å². The zero-order valence-corrected chi connectivity index (χ0v) is 12.4. The minimum Gasteiger partial charge on any atom is -0.341 e. The van der Waals surface area contributed by atoms with Crippen LogP contribution in [0.5, 0.6) is 0 Å². The summed E-state index contributed by atoms with van der Waals surface area (Å²) in [7, 11) is 1.98. The fraction of sp³-hybridized carbons (Fsp3) is 0.571. The first-order valence-corrected chi connectivity index (χ1v) is 7.12. The van der Waals surface area contributed by atoms with Crippen LogP contribution in [-0.4, -0.2) is 50.8 Å². The first-order chi connectivity index (χ1) is 9.65. The molecule has 1 fully saturated rings. The first-order valence-electron chi connectivity index (χ1n) is 7.12. The number of nitrogens with one attached hydrogen (secondary N) is 2. The fourth-order valence-electron chi connectivity index (χ4n) is 2.81. The van der Waals surface area contributed by atoms with Gasteiger partial charge < -0.3 is 10.3 Å². The molecule has 0 unspecified atom stereocenters. The lowest BCUT2D eigenvalue weighted by Crippen LogP contribution is -2.43. The van der Waals surface area contributed by atoms with Gasteiger partial charge in [-0.15, -0.1) is 0 Å². The van der Waals surface area contributed by atoms with Crippen LogP contribution in [0.1, 0.15) is 17.2 Å². The third-order valence-electron chi connectivity index (χ3n) is 3.99. The molecule has 2 aromatic heterocycles. The van der Waals surface area contributed by atoms with Crippen LogP contribution in [0.15, 0.2) is 6.20 Å². The fourth-order valence-corrected chi connectivity index (χ4v) is 2.81. The number of aryl methyl sites for hydroxylation is 2. The van der Waals surface area contributed by atoms with Gasteiger partial charge in [-0.25, -0.2) is 4.98 Å². The maximum Gasteiger partial charge on any atom is 0.120 e. The Labute approximate surface area is 119 Å². The summed E-state index contributed by atoms with van der Waals surface area (Å²) in [5.74, 6) is 1.03. The van der Waals surface area contributed by atoms with Crippen LogP contribution in [0.2, 0.25) is 0 Å². The van der Waals surface area contributed by atoms with Gasteiger partial charge in [-0.1, -0.05) is 0 Å². The molecule has 0 aromatic carbocycles. The summed E-state index contributed by atoms with van der Waals surface area (Å²) in [5.41, 5.74) is 4.45. The largest absolute Gasteiger partial charge is 0.341 e. The molecule has 3 heterocycles. The molecule has 0 aliphatic carbocycles. The summed E-state index contributed by atoms with van der Waals surface area (Å²) in [6.07, 6.45) is 1.93. The van der Waals surface area contributed by atoms with Crippen molar-refractivity contribution < 1.29 is 0 Å². The van der Waals surface area contributed by atoms with E-state index in [-0.39, 0.29) is 0 Å². The zero-order chi connectivity index (χ0) is 14.1. The predicted molar refractivity (Wildman–Crippen MR) is 78.4 cm³/mol. The van der Waals surface area contributed by atoms with Gasteiger partial charge in [0, 0.05) is 44.5 Å². The third-order valence-corrected chi connectivity index (χ3v) is 3.99. The van der Waals surface area contributed by atoms with E-state index < -0.39 is 0 Å². The lowest BCUT2D eigenvalue weighted by atomic mass is 10.1. The molecule has 0 amide bonds. The molecule has 0 bridgehead atoms. The van der Waals surface area contributed by atoms with Crippen molar-refractivity contribution in [1.29, 1.82) is 0 Å². The Bertz CT molecular complexity index is 591. The molecule has 20 heavy (non-hydrogen) atoms. The van der Waals surface area contributed by atoms with Crippen molar-refractivity contribution in [3.05, 3.63) is 23.4 Å². The van der Waals surface area contributed by atoms with E-state index in [0.717, 1.165) is 49.9 Å². The van der Waals surface area contributed by atoms with Crippen molar-refractivity contribution >= 4 is 0 Å².